The molecule has 0 saturated carbocycles. The number of nitrogens with zero attached hydrogens (tertiary/aromatic N) is 1. The first-order chi connectivity index (χ1) is 14.9. The minimum absolute atomic E-state index is 0.0200. The van der Waals surface area contributed by atoms with Crippen LogP contribution in [0.2, 0.25) is 5.02 Å². The van der Waals surface area contributed by atoms with E-state index in [1.807, 2.05) is 4.90 Å². The third-order valence-electron chi connectivity index (χ3n) is 4.72. The number of anilines is 3. The summed E-state index contributed by atoms with van der Waals surface area (Å²) in [4.78, 5) is 14.3. The second kappa shape index (κ2) is 9.01. The van der Waals surface area contributed by atoms with E-state index in [0.29, 0.717) is 37.7 Å². The maximum absolute atomic E-state index is 13.3. The predicted octanol–water partition coefficient (Wildman–Crippen LogP) is 3.82. The SMILES string of the molecule is O=C(Nc1ccc(N2CCOCC2)c(S(=O)(=O)Nc2ccccc2Cl)c1)c1ccco1. The first-order valence-electron chi connectivity index (χ1n) is 9.53. The Morgan fingerprint density at radius 1 is 1.03 bits per heavy atom. The van der Waals surface area contributed by atoms with E-state index >= 15 is 0 Å². The Bertz CT molecular complexity index is 1180. The summed E-state index contributed by atoms with van der Waals surface area (Å²) in [6.45, 7) is 2.09. The number of carbonyl (C=O) groups is 1. The molecule has 0 unspecified atom stereocenters. The zero-order valence-corrected chi connectivity index (χ0v) is 17.9. The smallest absolute Gasteiger partial charge is 0.291 e. The van der Waals surface area contributed by atoms with Gasteiger partial charge in [0.25, 0.3) is 15.9 Å². The number of rotatable bonds is 6. The van der Waals surface area contributed by atoms with Crippen molar-refractivity contribution in [2.75, 3.05) is 41.2 Å². The molecule has 31 heavy (non-hydrogen) atoms. The minimum atomic E-state index is -4.02. The fourth-order valence-corrected chi connectivity index (χ4v) is 4.79. The molecule has 3 aromatic rings. The average molecular weight is 462 g/mol. The number of carbonyl (C=O) groups excluding carboxylic acids is 1. The van der Waals surface area contributed by atoms with Crippen molar-refractivity contribution in [1.82, 2.24) is 0 Å². The minimum Gasteiger partial charge on any atom is -0.459 e. The van der Waals surface area contributed by atoms with Crippen molar-refractivity contribution in [2.24, 2.45) is 0 Å². The summed E-state index contributed by atoms with van der Waals surface area (Å²) < 4.78 is 39.7. The van der Waals surface area contributed by atoms with Gasteiger partial charge in [-0.15, -0.1) is 0 Å². The van der Waals surface area contributed by atoms with Gasteiger partial charge in [0, 0.05) is 18.8 Å². The number of furan rings is 1. The number of hydrogen-bond acceptors (Lipinski definition) is 6. The number of nitrogens with one attached hydrogen (secondary N) is 2. The Kier molecular flexibility index (Phi) is 6.17. The molecule has 1 saturated heterocycles. The normalized spacial score (nSPS) is 14.3. The van der Waals surface area contributed by atoms with E-state index in [1.54, 1.807) is 42.5 Å². The van der Waals surface area contributed by atoms with Gasteiger partial charge < -0.3 is 19.4 Å². The zero-order valence-electron chi connectivity index (χ0n) is 16.4. The third-order valence-corrected chi connectivity index (χ3v) is 6.45. The molecule has 1 fully saturated rings. The van der Waals surface area contributed by atoms with Crippen LogP contribution in [0.3, 0.4) is 0 Å². The summed E-state index contributed by atoms with van der Waals surface area (Å²) in [5.74, 6) is -0.359. The van der Waals surface area contributed by atoms with Crippen LogP contribution < -0.4 is 14.9 Å². The molecule has 2 aromatic carbocycles. The number of sulfonamides is 1. The molecule has 8 nitrogen and oxygen atoms in total. The highest BCUT2D eigenvalue weighted by atomic mass is 35.5. The second-order valence-corrected chi connectivity index (χ2v) is 8.86. The first-order valence-corrected chi connectivity index (χ1v) is 11.4. The van der Waals surface area contributed by atoms with Gasteiger partial charge in [-0.2, -0.15) is 0 Å². The van der Waals surface area contributed by atoms with Crippen molar-refractivity contribution in [3.63, 3.8) is 0 Å². The van der Waals surface area contributed by atoms with Crippen LogP contribution in [0.15, 0.2) is 70.2 Å². The van der Waals surface area contributed by atoms with Crippen molar-refractivity contribution in [3.05, 3.63) is 71.6 Å². The van der Waals surface area contributed by atoms with E-state index in [4.69, 9.17) is 20.8 Å². The number of halogens is 1. The summed E-state index contributed by atoms with van der Waals surface area (Å²) in [6, 6.07) is 14.4. The van der Waals surface area contributed by atoms with Gasteiger partial charge in [-0.1, -0.05) is 23.7 Å². The number of morpholine rings is 1. The van der Waals surface area contributed by atoms with Crippen molar-refractivity contribution in [1.29, 1.82) is 0 Å². The topological polar surface area (TPSA) is 101 Å². The highest BCUT2D eigenvalue weighted by Crippen LogP contribution is 2.32. The van der Waals surface area contributed by atoms with Gasteiger partial charge in [0.15, 0.2) is 5.76 Å². The fraction of sp³-hybridized carbons (Fsp3) is 0.190. The summed E-state index contributed by atoms with van der Waals surface area (Å²) in [6.07, 6.45) is 1.39. The lowest BCUT2D eigenvalue weighted by Gasteiger charge is -2.30. The van der Waals surface area contributed by atoms with Gasteiger partial charge >= 0.3 is 0 Å². The van der Waals surface area contributed by atoms with E-state index in [1.165, 1.54) is 18.4 Å². The van der Waals surface area contributed by atoms with Crippen LogP contribution >= 0.6 is 11.6 Å². The van der Waals surface area contributed by atoms with Crippen LogP contribution in [0.5, 0.6) is 0 Å². The highest BCUT2D eigenvalue weighted by molar-refractivity contribution is 7.93. The molecule has 1 aliphatic rings. The number of benzene rings is 2. The lowest BCUT2D eigenvalue weighted by Crippen LogP contribution is -2.37. The van der Waals surface area contributed by atoms with Gasteiger partial charge in [-0.3, -0.25) is 9.52 Å². The molecular formula is C21H20ClN3O5S. The standard InChI is InChI=1S/C21H20ClN3O5S/c22-16-4-1-2-5-17(16)24-31(27,28)20-14-15(23-21(26)19-6-3-11-30-19)7-8-18(20)25-9-12-29-13-10-25/h1-8,11,14,24H,9-10,12-13H2,(H,23,26). The Balaban J connectivity index is 1.71. The highest BCUT2D eigenvalue weighted by Gasteiger charge is 2.25. The molecule has 1 aromatic heterocycles. The van der Waals surface area contributed by atoms with E-state index in [-0.39, 0.29) is 21.4 Å². The maximum atomic E-state index is 13.3. The Morgan fingerprint density at radius 3 is 2.52 bits per heavy atom. The molecule has 0 atom stereocenters. The number of para-hydroxylation sites is 1. The van der Waals surface area contributed by atoms with Crippen LogP contribution in [-0.4, -0.2) is 40.6 Å². The zero-order chi connectivity index (χ0) is 21.8. The molecule has 0 aliphatic carbocycles. The van der Waals surface area contributed by atoms with Crippen LogP contribution in [-0.2, 0) is 14.8 Å². The average Bonchev–Trinajstić information content (AvgIpc) is 3.31. The number of ether oxygens (including phenoxy) is 1. The molecule has 1 amide bonds. The van der Waals surface area contributed by atoms with Crippen LogP contribution in [0.25, 0.3) is 0 Å². The summed E-state index contributed by atoms with van der Waals surface area (Å²) in [5.41, 5.74) is 1.10. The maximum Gasteiger partial charge on any atom is 0.291 e. The molecule has 1 aliphatic heterocycles. The predicted molar refractivity (Wildman–Crippen MR) is 118 cm³/mol. The summed E-state index contributed by atoms with van der Waals surface area (Å²) >= 11 is 6.14. The lowest BCUT2D eigenvalue weighted by atomic mass is 10.2. The second-order valence-electron chi connectivity index (χ2n) is 6.80. The van der Waals surface area contributed by atoms with Crippen LogP contribution in [0.1, 0.15) is 10.6 Å². The van der Waals surface area contributed by atoms with Gasteiger partial charge in [0.1, 0.15) is 4.90 Å². The van der Waals surface area contributed by atoms with E-state index < -0.39 is 15.9 Å². The fourth-order valence-electron chi connectivity index (χ4n) is 3.22. The van der Waals surface area contributed by atoms with Gasteiger partial charge in [0.05, 0.1) is 35.9 Å². The van der Waals surface area contributed by atoms with Crippen LogP contribution in [0.4, 0.5) is 17.1 Å². The Hall–Kier alpha value is -3.01. The molecule has 2 heterocycles. The van der Waals surface area contributed by atoms with Crippen molar-refractivity contribution >= 4 is 44.6 Å². The van der Waals surface area contributed by atoms with Gasteiger partial charge in [0.2, 0.25) is 0 Å². The molecule has 10 heteroatoms. The molecule has 4 rings (SSSR count). The molecular weight excluding hydrogens is 442 g/mol. The Labute approximate surface area is 184 Å². The molecule has 0 radical (unpaired) electrons. The number of amides is 1. The van der Waals surface area contributed by atoms with Gasteiger partial charge in [-0.25, -0.2) is 8.42 Å². The quantitative estimate of drug-likeness (QED) is 0.578. The van der Waals surface area contributed by atoms with E-state index in [9.17, 15) is 13.2 Å². The van der Waals surface area contributed by atoms with Crippen molar-refractivity contribution in [3.8, 4) is 0 Å². The summed E-state index contributed by atoms with van der Waals surface area (Å²) in [7, 11) is -4.02. The third kappa shape index (κ3) is 4.84. The van der Waals surface area contributed by atoms with Gasteiger partial charge in [-0.05, 0) is 42.5 Å². The van der Waals surface area contributed by atoms with E-state index in [2.05, 4.69) is 10.0 Å². The number of hydrogen-bond donors (Lipinski definition) is 2. The monoisotopic (exact) mass is 461 g/mol. The molecule has 0 spiro atoms. The molecule has 162 valence electrons. The summed E-state index contributed by atoms with van der Waals surface area (Å²) in [5, 5.41) is 2.95. The molecule has 0 bridgehead atoms. The first kappa shape index (κ1) is 21.2. The largest absolute Gasteiger partial charge is 0.459 e. The van der Waals surface area contributed by atoms with E-state index in [0.717, 1.165) is 0 Å². The van der Waals surface area contributed by atoms with Crippen LogP contribution in [0, 0.1) is 0 Å². The van der Waals surface area contributed by atoms with Crippen molar-refractivity contribution < 1.29 is 22.4 Å². The molecule has 2 N–H and O–H groups in total. The van der Waals surface area contributed by atoms with Crippen molar-refractivity contribution in [2.45, 2.75) is 4.90 Å². The lowest BCUT2D eigenvalue weighted by molar-refractivity contribution is 0.0996. The Morgan fingerprint density at radius 2 is 1.81 bits per heavy atom.